The average molecular weight is 492 g/mol. The molecule has 1 heterocycles. The number of amides is 2. The number of primary amides is 1. The molecule has 4 rings (SSSR count). The number of halogens is 1. The molecule has 0 radical (unpaired) electrons. The van der Waals surface area contributed by atoms with Crippen molar-refractivity contribution in [2.75, 3.05) is 5.32 Å². The van der Waals surface area contributed by atoms with Crippen LogP contribution in [-0.4, -0.2) is 31.8 Å². The summed E-state index contributed by atoms with van der Waals surface area (Å²) in [4.78, 5) is 24.1. The molecule has 0 saturated carbocycles. The lowest BCUT2D eigenvalue weighted by atomic mass is 10.1. The second-order valence-corrected chi connectivity index (χ2v) is 9.31. The van der Waals surface area contributed by atoms with Crippen molar-refractivity contribution < 1.29 is 9.59 Å². The number of aromatic nitrogens is 3. The van der Waals surface area contributed by atoms with E-state index in [1.54, 1.807) is 31.2 Å². The van der Waals surface area contributed by atoms with E-state index in [0.29, 0.717) is 27.9 Å². The Morgan fingerprint density at radius 3 is 2.32 bits per heavy atom. The van der Waals surface area contributed by atoms with E-state index < -0.39 is 11.2 Å². The van der Waals surface area contributed by atoms with Crippen molar-refractivity contribution in [2.45, 2.75) is 23.8 Å². The molecule has 0 aliphatic carbocycles. The molecule has 4 aromatic rings. The lowest BCUT2D eigenvalue weighted by molar-refractivity contribution is -0.115. The summed E-state index contributed by atoms with van der Waals surface area (Å²) in [5.41, 5.74) is 8.18. The lowest BCUT2D eigenvalue weighted by Gasteiger charge is -2.14. The van der Waals surface area contributed by atoms with Gasteiger partial charge in [-0.3, -0.25) is 14.2 Å². The second kappa shape index (κ2) is 10.5. The van der Waals surface area contributed by atoms with Gasteiger partial charge >= 0.3 is 0 Å². The molecular formula is C25H22ClN5O2S. The van der Waals surface area contributed by atoms with Crippen LogP contribution in [0.2, 0.25) is 5.02 Å². The molecule has 1 atom stereocenters. The standard InChI is InChI=1S/C25H22ClN5O2S/c1-16(24(33)28-20-11-7-18(8-12-20)23(27)32)34-25-30-29-22(15-17-5-3-2-4-6-17)31(25)21-13-9-19(26)10-14-21/h2-14,16H,15H2,1H3,(H2,27,32)(H,28,33). The van der Waals surface area contributed by atoms with E-state index in [0.717, 1.165) is 17.1 Å². The van der Waals surface area contributed by atoms with Gasteiger partial charge in [-0.2, -0.15) is 0 Å². The van der Waals surface area contributed by atoms with E-state index in [-0.39, 0.29) is 5.91 Å². The Hall–Kier alpha value is -3.62. The molecule has 2 amide bonds. The summed E-state index contributed by atoms with van der Waals surface area (Å²) < 4.78 is 1.94. The summed E-state index contributed by atoms with van der Waals surface area (Å²) in [7, 11) is 0. The van der Waals surface area contributed by atoms with Gasteiger partial charge in [-0.15, -0.1) is 10.2 Å². The Labute approximate surface area is 206 Å². The first-order valence-electron chi connectivity index (χ1n) is 10.5. The third-order valence-electron chi connectivity index (χ3n) is 5.08. The smallest absolute Gasteiger partial charge is 0.248 e. The maximum atomic E-state index is 12.8. The zero-order chi connectivity index (χ0) is 24.1. The zero-order valence-corrected chi connectivity index (χ0v) is 19.9. The van der Waals surface area contributed by atoms with E-state index in [1.807, 2.05) is 59.2 Å². The van der Waals surface area contributed by atoms with Crippen molar-refractivity contribution >= 4 is 40.9 Å². The third kappa shape index (κ3) is 5.65. The Bertz CT molecular complexity index is 1290. The highest BCUT2D eigenvalue weighted by Crippen LogP contribution is 2.28. The van der Waals surface area contributed by atoms with Crippen LogP contribution in [0.3, 0.4) is 0 Å². The first-order valence-corrected chi connectivity index (χ1v) is 11.8. The minimum Gasteiger partial charge on any atom is -0.366 e. The molecule has 0 aliphatic heterocycles. The Morgan fingerprint density at radius 2 is 1.68 bits per heavy atom. The van der Waals surface area contributed by atoms with Crippen molar-refractivity contribution in [1.82, 2.24) is 14.8 Å². The summed E-state index contributed by atoms with van der Waals surface area (Å²) in [5, 5.41) is 12.4. The van der Waals surface area contributed by atoms with Gasteiger partial charge in [-0.25, -0.2) is 0 Å². The average Bonchev–Trinajstić information content (AvgIpc) is 3.22. The first-order chi connectivity index (χ1) is 16.4. The fraction of sp³-hybridized carbons (Fsp3) is 0.120. The summed E-state index contributed by atoms with van der Waals surface area (Å²) in [6, 6.07) is 23.8. The summed E-state index contributed by atoms with van der Waals surface area (Å²) in [5.74, 6) is 0.0346. The van der Waals surface area contributed by atoms with Gasteiger partial charge in [-0.05, 0) is 61.0 Å². The van der Waals surface area contributed by atoms with Gasteiger partial charge in [0.1, 0.15) is 5.82 Å². The summed E-state index contributed by atoms with van der Waals surface area (Å²) in [6.07, 6.45) is 0.587. The molecule has 0 fully saturated rings. The number of carbonyl (C=O) groups is 2. The normalized spacial score (nSPS) is 11.7. The van der Waals surface area contributed by atoms with Gasteiger partial charge in [0.05, 0.1) is 5.25 Å². The minimum atomic E-state index is -0.519. The monoisotopic (exact) mass is 491 g/mol. The van der Waals surface area contributed by atoms with Gasteiger partial charge in [0.25, 0.3) is 0 Å². The van der Waals surface area contributed by atoms with E-state index in [9.17, 15) is 9.59 Å². The molecule has 1 unspecified atom stereocenters. The number of nitrogens with two attached hydrogens (primary N) is 1. The third-order valence-corrected chi connectivity index (χ3v) is 6.37. The summed E-state index contributed by atoms with van der Waals surface area (Å²) >= 11 is 7.39. The molecular weight excluding hydrogens is 470 g/mol. The Kier molecular flexibility index (Phi) is 7.30. The molecule has 0 saturated heterocycles. The van der Waals surface area contributed by atoms with Crippen molar-refractivity contribution in [3.05, 3.63) is 101 Å². The zero-order valence-electron chi connectivity index (χ0n) is 18.3. The maximum absolute atomic E-state index is 12.8. The van der Waals surface area contributed by atoms with Gasteiger partial charge < -0.3 is 11.1 Å². The van der Waals surface area contributed by atoms with Crippen LogP contribution in [0.15, 0.2) is 84.0 Å². The van der Waals surface area contributed by atoms with Crippen LogP contribution >= 0.6 is 23.4 Å². The maximum Gasteiger partial charge on any atom is 0.248 e. The number of anilines is 1. The fourth-order valence-electron chi connectivity index (χ4n) is 3.29. The second-order valence-electron chi connectivity index (χ2n) is 7.56. The Morgan fingerprint density at radius 1 is 1.00 bits per heavy atom. The highest BCUT2D eigenvalue weighted by atomic mass is 35.5. The van der Waals surface area contributed by atoms with Crippen LogP contribution in [0.4, 0.5) is 5.69 Å². The number of rotatable bonds is 8. The molecule has 0 bridgehead atoms. The number of carbonyl (C=O) groups excluding carboxylic acids is 2. The number of nitrogens with one attached hydrogen (secondary N) is 1. The molecule has 1 aromatic heterocycles. The van der Waals surface area contributed by atoms with E-state index in [1.165, 1.54) is 11.8 Å². The van der Waals surface area contributed by atoms with Crippen LogP contribution in [0, 0.1) is 0 Å². The molecule has 0 aliphatic rings. The molecule has 34 heavy (non-hydrogen) atoms. The van der Waals surface area contributed by atoms with Crippen molar-refractivity contribution in [1.29, 1.82) is 0 Å². The van der Waals surface area contributed by atoms with Gasteiger partial charge in [0.2, 0.25) is 11.8 Å². The Balaban J connectivity index is 1.56. The number of hydrogen-bond donors (Lipinski definition) is 2. The minimum absolute atomic E-state index is 0.202. The molecule has 3 aromatic carbocycles. The van der Waals surface area contributed by atoms with Crippen molar-refractivity contribution in [3.63, 3.8) is 0 Å². The largest absolute Gasteiger partial charge is 0.366 e. The van der Waals surface area contributed by atoms with Crippen LogP contribution < -0.4 is 11.1 Å². The number of hydrogen-bond acceptors (Lipinski definition) is 5. The predicted molar refractivity (Wildman–Crippen MR) is 135 cm³/mol. The predicted octanol–water partition coefficient (Wildman–Crippen LogP) is 4.73. The SMILES string of the molecule is CC(Sc1nnc(Cc2ccccc2)n1-c1ccc(Cl)cc1)C(=O)Nc1ccc(C(N)=O)cc1. The number of thioether (sulfide) groups is 1. The number of nitrogens with zero attached hydrogens (tertiary/aromatic N) is 3. The molecule has 3 N–H and O–H groups in total. The lowest BCUT2D eigenvalue weighted by Crippen LogP contribution is -2.23. The van der Waals surface area contributed by atoms with Crippen molar-refractivity contribution in [3.8, 4) is 5.69 Å². The quantitative estimate of drug-likeness (QED) is 0.347. The molecule has 9 heteroatoms. The van der Waals surface area contributed by atoms with Gasteiger partial charge in [0.15, 0.2) is 5.16 Å². The highest BCUT2D eigenvalue weighted by Gasteiger charge is 2.21. The topological polar surface area (TPSA) is 103 Å². The van der Waals surface area contributed by atoms with E-state index in [4.69, 9.17) is 17.3 Å². The van der Waals surface area contributed by atoms with Crippen LogP contribution in [0.5, 0.6) is 0 Å². The van der Waals surface area contributed by atoms with Crippen LogP contribution in [0.25, 0.3) is 5.69 Å². The van der Waals surface area contributed by atoms with Gasteiger partial charge in [-0.1, -0.05) is 53.7 Å². The fourth-order valence-corrected chi connectivity index (χ4v) is 4.30. The van der Waals surface area contributed by atoms with E-state index >= 15 is 0 Å². The van der Waals surface area contributed by atoms with E-state index in [2.05, 4.69) is 15.5 Å². The van der Waals surface area contributed by atoms with Crippen LogP contribution in [0.1, 0.15) is 28.7 Å². The first kappa shape index (κ1) is 23.5. The summed E-state index contributed by atoms with van der Waals surface area (Å²) in [6.45, 7) is 1.80. The molecule has 172 valence electrons. The molecule has 7 nitrogen and oxygen atoms in total. The number of benzene rings is 3. The molecule has 0 spiro atoms. The van der Waals surface area contributed by atoms with Gasteiger partial charge in [0, 0.05) is 28.4 Å². The van der Waals surface area contributed by atoms with Crippen molar-refractivity contribution in [2.24, 2.45) is 5.73 Å². The van der Waals surface area contributed by atoms with Crippen LogP contribution in [-0.2, 0) is 11.2 Å². The highest BCUT2D eigenvalue weighted by molar-refractivity contribution is 8.00.